The Balaban J connectivity index is 2.56. The SMILES string of the molecule is C=C(/C=C(\C)Nc1ccc(OC)cc1)C[C@H](C)C(C)CC. The second kappa shape index (κ2) is 8.56. The summed E-state index contributed by atoms with van der Waals surface area (Å²) in [6.07, 6.45) is 4.42. The average molecular weight is 287 g/mol. The minimum atomic E-state index is 0.674. The molecule has 1 unspecified atom stereocenters. The minimum Gasteiger partial charge on any atom is -0.497 e. The van der Waals surface area contributed by atoms with Gasteiger partial charge in [0.15, 0.2) is 0 Å². The van der Waals surface area contributed by atoms with Crippen LogP contribution in [0.1, 0.15) is 40.5 Å². The number of benzene rings is 1. The van der Waals surface area contributed by atoms with Crippen molar-refractivity contribution in [2.24, 2.45) is 11.8 Å². The van der Waals surface area contributed by atoms with Crippen molar-refractivity contribution in [3.8, 4) is 5.75 Å². The van der Waals surface area contributed by atoms with Crippen LogP contribution in [0.2, 0.25) is 0 Å². The summed E-state index contributed by atoms with van der Waals surface area (Å²) in [5, 5.41) is 3.39. The molecule has 0 heterocycles. The molecule has 21 heavy (non-hydrogen) atoms. The Hall–Kier alpha value is -1.70. The van der Waals surface area contributed by atoms with E-state index in [9.17, 15) is 0 Å². The molecule has 0 aliphatic carbocycles. The van der Waals surface area contributed by atoms with Crippen molar-refractivity contribution < 1.29 is 4.74 Å². The van der Waals surface area contributed by atoms with Crippen molar-refractivity contribution in [2.75, 3.05) is 12.4 Å². The van der Waals surface area contributed by atoms with Gasteiger partial charge in [0.05, 0.1) is 7.11 Å². The molecule has 0 saturated heterocycles. The van der Waals surface area contributed by atoms with Gasteiger partial charge >= 0.3 is 0 Å². The van der Waals surface area contributed by atoms with Crippen LogP contribution in [-0.4, -0.2) is 7.11 Å². The van der Waals surface area contributed by atoms with E-state index >= 15 is 0 Å². The van der Waals surface area contributed by atoms with E-state index in [0.29, 0.717) is 5.92 Å². The third kappa shape index (κ3) is 6.07. The minimum absolute atomic E-state index is 0.674. The number of ether oxygens (including phenoxy) is 1. The maximum Gasteiger partial charge on any atom is 0.119 e. The van der Waals surface area contributed by atoms with Gasteiger partial charge in [-0.05, 0) is 55.5 Å². The highest BCUT2D eigenvalue weighted by Gasteiger charge is 2.10. The average Bonchev–Trinajstić information content (AvgIpc) is 2.46. The highest BCUT2D eigenvalue weighted by atomic mass is 16.5. The van der Waals surface area contributed by atoms with Gasteiger partial charge in [-0.25, -0.2) is 0 Å². The van der Waals surface area contributed by atoms with E-state index < -0.39 is 0 Å². The zero-order valence-electron chi connectivity index (χ0n) is 14.1. The van der Waals surface area contributed by atoms with Gasteiger partial charge in [-0.2, -0.15) is 0 Å². The van der Waals surface area contributed by atoms with Crippen LogP contribution in [0.5, 0.6) is 5.75 Å². The van der Waals surface area contributed by atoms with Crippen LogP contribution < -0.4 is 10.1 Å². The molecule has 1 N–H and O–H groups in total. The first kappa shape index (κ1) is 17.4. The summed E-state index contributed by atoms with van der Waals surface area (Å²) in [7, 11) is 1.68. The van der Waals surface area contributed by atoms with E-state index in [1.54, 1.807) is 7.11 Å². The summed E-state index contributed by atoms with van der Waals surface area (Å²) >= 11 is 0. The molecule has 2 heteroatoms. The number of hydrogen-bond donors (Lipinski definition) is 1. The molecule has 2 nitrogen and oxygen atoms in total. The van der Waals surface area contributed by atoms with Crippen molar-refractivity contribution in [3.63, 3.8) is 0 Å². The number of nitrogens with one attached hydrogen (secondary N) is 1. The summed E-state index contributed by atoms with van der Waals surface area (Å²) in [5.74, 6) is 2.28. The van der Waals surface area contributed by atoms with Crippen molar-refractivity contribution >= 4 is 5.69 Å². The Labute approximate surface area is 129 Å². The standard InChI is InChI=1S/C19H29NO/c1-7-15(3)16(4)12-14(2)13-17(5)20-18-8-10-19(21-6)11-9-18/h8-11,13,15-16,20H,2,7,12H2,1,3-6H3/b17-13+/t15?,16-/m0/s1. The smallest absolute Gasteiger partial charge is 0.119 e. The number of hydrogen-bond acceptors (Lipinski definition) is 2. The quantitative estimate of drug-likeness (QED) is 0.625. The van der Waals surface area contributed by atoms with E-state index in [2.05, 4.69) is 45.7 Å². The molecule has 1 aromatic rings. The van der Waals surface area contributed by atoms with Gasteiger partial charge in [-0.15, -0.1) is 0 Å². The highest BCUT2D eigenvalue weighted by Crippen LogP contribution is 2.23. The van der Waals surface area contributed by atoms with E-state index in [1.807, 2.05) is 24.3 Å². The monoisotopic (exact) mass is 287 g/mol. The maximum absolute atomic E-state index is 5.16. The summed E-state index contributed by atoms with van der Waals surface area (Å²) in [6, 6.07) is 7.94. The molecule has 2 atom stereocenters. The van der Waals surface area contributed by atoms with Gasteiger partial charge in [0.25, 0.3) is 0 Å². The molecular formula is C19H29NO. The van der Waals surface area contributed by atoms with Crippen molar-refractivity contribution in [2.45, 2.75) is 40.5 Å². The Kier molecular flexibility index (Phi) is 7.07. The largest absolute Gasteiger partial charge is 0.497 e. The van der Waals surface area contributed by atoms with Crippen LogP contribution in [0.25, 0.3) is 0 Å². The van der Waals surface area contributed by atoms with Crippen LogP contribution in [-0.2, 0) is 0 Å². The molecule has 0 aliphatic heterocycles. The Bertz CT molecular complexity index is 473. The second-order valence-electron chi connectivity index (χ2n) is 5.91. The molecule has 0 spiro atoms. The normalized spacial score (nSPS) is 14.4. The van der Waals surface area contributed by atoms with Crippen LogP contribution in [0.3, 0.4) is 0 Å². The lowest BCUT2D eigenvalue weighted by atomic mass is 9.88. The number of methoxy groups -OCH3 is 1. The summed E-state index contributed by atoms with van der Waals surface area (Å²) in [4.78, 5) is 0. The fourth-order valence-corrected chi connectivity index (χ4v) is 2.32. The molecule has 0 saturated carbocycles. The molecule has 0 aromatic heterocycles. The summed E-state index contributed by atoms with van der Waals surface area (Å²) in [5.41, 5.74) is 3.36. The van der Waals surface area contributed by atoms with Crippen LogP contribution >= 0.6 is 0 Å². The first-order chi connectivity index (χ1) is 9.96. The molecule has 0 radical (unpaired) electrons. The number of rotatable bonds is 8. The molecule has 0 aliphatic rings. The zero-order valence-corrected chi connectivity index (χ0v) is 14.1. The van der Waals surface area contributed by atoms with Gasteiger partial charge < -0.3 is 10.1 Å². The second-order valence-corrected chi connectivity index (χ2v) is 5.91. The predicted octanol–water partition coefficient (Wildman–Crippen LogP) is 5.64. The number of allylic oxidation sites excluding steroid dienone is 3. The van der Waals surface area contributed by atoms with E-state index in [0.717, 1.165) is 29.5 Å². The third-order valence-corrected chi connectivity index (χ3v) is 4.05. The van der Waals surface area contributed by atoms with Crippen molar-refractivity contribution in [1.82, 2.24) is 0 Å². The fraction of sp³-hybridized carbons (Fsp3) is 0.474. The van der Waals surface area contributed by atoms with E-state index in [1.165, 1.54) is 12.0 Å². The predicted molar refractivity (Wildman–Crippen MR) is 92.7 cm³/mol. The Morgan fingerprint density at radius 1 is 1.24 bits per heavy atom. The molecule has 1 aromatic carbocycles. The van der Waals surface area contributed by atoms with Gasteiger partial charge in [0.1, 0.15) is 5.75 Å². The maximum atomic E-state index is 5.16. The summed E-state index contributed by atoms with van der Waals surface area (Å²) < 4.78 is 5.16. The first-order valence-corrected chi connectivity index (χ1v) is 7.73. The van der Waals surface area contributed by atoms with Gasteiger partial charge in [-0.3, -0.25) is 0 Å². The zero-order chi connectivity index (χ0) is 15.8. The van der Waals surface area contributed by atoms with Crippen LogP contribution in [0.15, 0.2) is 48.2 Å². The van der Waals surface area contributed by atoms with E-state index in [4.69, 9.17) is 4.74 Å². The fourth-order valence-electron chi connectivity index (χ4n) is 2.32. The van der Waals surface area contributed by atoms with Crippen molar-refractivity contribution in [1.29, 1.82) is 0 Å². The Morgan fingerprint density at radius 2 is 1.86 bits per heavy atom. The van der Waals surface area contributed by atoms with Crippen LogP contribution in [0, 0.1) is 11.8 Å². The van der Waals surface area contributed by atoms with Gasteiger partial charge in [-0.1, -0.05) is 39.3 Å². The first-order valence-electron chi connectivity index (χ1n) is 7.73. The molecule has 0 bridgehead atoms. The van der Waals surface area contributed by atoms with Crippen molar-refractivity contribution in [3.05, 3.63) is 48.2 Å². The van der Waals surface area contributed by atoms with Gasteiger partial charge in [0, 0.05) is 11.4 Å². The molecule has 1 rings (SSSR count). The van der Waals surface area contributed by atoms with Gasteiger partial charge in [0.2, 0.25) is 0 Å². The lowest BCUT2D eigenvalue weighted by molar-refractivity contribution is 0.376. The topological polar surface area (TPSA) is 21.3 Å². The molecule has 0 fully saturated rings. The van der Waals surface area contributed by atoms with E-state index in [-0.39, 0.29) is 0 Å². The molecule has 116 valence electrons. The number of anilines is 1. The Morgan fingerprint density at radius 3 is 2.38 bits per heavy atom. The molecular weight excluding hydrogens is 258 g/mol. The highest BCUT2D eigenvalue weighted by molar-refractivity contribution is 5.50. The summed E-state index contributed by atoms with van der Waals surface area (Å²) in [6.45, 7) is 13.1. The lowest BCUT2D eigenvalue weighted by Gasteiger charge is -2.18. The third-order valence-electron chi connectivity index (χ3n) is 4.05. The molecule has 0 amide bonds. The lowest BCUT2D eigenvalue weighted by Crippen LogP contribution is -2.07. The van der Waals surface area contributed by atoms with Crippen LogP contribution in [0.4, 0.5) is 5.69 Å².